The molecule has 0 amide bonds. The van der Waals surface area contributed by atoms with Crippen LogP contribution >= 0.6 is 0 Å². The smallest absolute Gasteiger partial charge is 0.211 e. The number of unbranched alkanes of at least 4 members (excludes halogenated alkanes) is 2. The van der Waals surface area contributed by atoms with Crippen molar-refractivity contribution in [2.24, 2.45) is 33.7 Å². The van der Waals surface area contributed by atoms with Crippen molar-refractivity contribution < 1.29 is 9.59 Å². The molecular formula is C17H26N2O2. The number of aliphatic imine (C=N–C) groups is 2. The second-order valence-electron chi connectivity index (χ2n) is 6.69. The molecule has 4 heteroatoms. The zero-order valence-electron chi connectivity index (χ0n) is 12.8. The van der Waals surface area contributed by atoms with E-state index in [1.54, 1.807) is 12.2 Å². The maximum atomic E-state index is 10.0. The summed E-state index contributed by atoms with van der Waals surface area (Å²) >= 11 is 0. The van der Waals surface area contributed by atoms with Crippen molar-refractivity contribution >= 4 is 12.2 Å². The molecule has 2 aliphatic carbocycles. The number of hydrogen-bond donors (Lipinski definition) is 0. The van der Waals surface area contributed by atoms with Crippen molar-refractivity contribution in [1.82, 2.24) is 0 Å². The lowest BCUT2D eigenvalue weighted by Gasteiger charge is -2.28. The lowest BCUT2D eigenvalue weighted by Crippen LogP contribution is -2.18. The summed E-state index contributed by atoms with van der Waals surface area (Å²) in [4.78, 5) is 27.2. The van der Waals surface area contributed by atoms with Gasteiger partial charge in [0.25, 0.3) is 0 Å². The third-order valence-electron chi connectivity index (χ3n) is 5.47. The molecule has 4 atom stereocenters. The van der Waals surface area contributed by atoms with E-state index in [0.29, 0.717) is 13.1 Å². The number of fused-ring (bicyclic) bond motifs is 2. The van der Waals surface area contributed by atoms with Crippen LogP contribution < -0.4 is 0 Å². The van der Waals surface area contributed by atoms with Crippen LogP contribution in [0.25, 0.3) is 0 Å². The molecule has 4 unspecified atom stereocenters. The van der Waals surface area contributed by atoms with Gasteiger partial charge in [0.05, 0.1) is 13.1 Å². The topological polar surface area (TPSA) is 58.9 Å². The molecule has 2 rings (SSSR count). The molecule has 4 nitrogen and oxygen atoms in total. The molecular weight excluding hydrogens is 264 g/mol. The highest BCUT2D eigenvalue weighted by Crippen LogP contribution is 2.54. The van der Waals surface area contributed by atoms with Crippen LogP contribution in [0.5, 0.6) is 0 Å². The van der Waals surface area contributed by atoms with Gasteiger partial charge in [-0.15, -0.1) is 0 Å². The second-order valence-corrected chi connectivity index (χ2v) is 6.69. The van der Waals surface area contributed by atoms with E-state index < -0.39 is 0 Å². The van der Waals surface area contributed by atoms with Crippen LogP contribution in [0.2, 0.25) is 0 Å². The largest absolute Gasteiger partial charge is 0.234 e. The molecule has 0 aromatic rings. The SMILES string of the molecule is O=C=NCCCCCC1CC2CC1CC2CCCN=C=O. The zero-order chi connectivity index (χ0) is 14.9. The highest BCUT2D eigenvalue weighted by molar-refractivity contribution is 5.32. The average Bonchev–Trinajstić information content (AvgIpc) is 3.07. The zero-order valence-corrected chi connectivity index (χ0v) is 12.8. The molecule has 0 heterocycles. The first kappa shape index (κ1) is 16.1. The van der Waals surface area contributed by atoms with E-state index >= 15 is 0 Å². The summed E-state index contributed by atoms with van der Waals surface area (Å²) in [6, 6.07) is 0. The molecule has 0 N–H and O–H groups in total. The van der Waals surface area contributed by atoms with Gasteiger partial charge in [0.15, 0.2) is 0 Å². The van der Waals surface area contributed by atoms with Crippen LogP contribution in [0.1, 0.15) is 57.8 Å². The van der Waals surface area contributed by atoms with Gasteiger partial charge in [0, 0.05) is 0 Å². The Morgan fingerprint density at radius 2 is 1.29 bits per heavy atom. The van der Waals surface area contributed by atoms with Gasteiger partial charge in [-0.2, -0.15) is 0 Å². The predicted molar refractivity (Wildman–Crippen MR) is 81.5 cm³/mol. The minimum absolute atomic E-state index is 0.644. The van der Waals surface area contributed by atoms with Gasteiger partial charge < -0.3 is 0 Å². The quantitative estimate of drug-likeness (QED) is 0.350. The summed E-state index contributed by atoms with van der Waals surface area (Å²) in [6.07, 6.45) is 14.6. The van der Waals surface area contributed by atoms with Crippen LogP contribution in [0.4, 0.5) is 0 Å². The molecule has 0 radical (unpaired) electrons. The van der Waals surface area contributed by atoms with Gasteiger partial charge in [0.2, 0.25) is 12.2 Å². The Labute approximate surface area is 127 Å². The number of carbonyl (C=O) groups excluding carboxylic acids is 2. The molecule has 21 heavy (non-hydrogen) atoms. The minimum Gasteiger partial charge on any atom is -0.211 e. The Hall–Kier alpha value is -1.24. The highest BCUT2D eigenvalue weighted by atomic mass is 16.1. The number of hydrogen-bond acceptors (Lipinski definition) is 4. The van der Waals surface area contributed by atoms with E-state index in [9.17, 15) is 9.59 Å². The number of rotatable bonds is 10. The van der Waals surface area contributed by atoms with Crippen molar-refractivity contribution in [2.45, 2.75) is 57.8 Å². The first-order valence-electron chi connectivity index (χ1n) is 8.42. The molecule has 0 spiro atoms. The summed E-state index contributed by atoms with van der Waals surface area (Å²) in [6.45, 7) is 1.30. The van der Waals surface area contributed by atoms with Crippen LogP contribution in [0.3, 0.4) is 0 Å². The Morgan fingerprint density at radius 3 is 1.86 bits per heavy atom. The van der Waals surface area contributed by atoms with Crippen molar-refractivity contribution in [2.75, 3.05) is 13.1 Å². The van der Waals surface area contributed by atoms with E-state index in [4.69, 9.17) is 0 Å². The van der Waals surface area contributed by atoms with Gasteiger partial charge in [0.1, 0.15) is 0 Å². The van der Waals surface area contributed by atoms with Crippen LogP contribution in [0.15, 0.2) is 9.98 Å². The maximum Gasteiger partial charge on any atom is 0.234 e. The van der Waals surface area contributed by atoms with Crippen LogP contribution in [-0.4, -0.2) is 25.2 Å². The maximum absolute atomic E-state index is 10.0. The summed E-state index contributed by atoms with van der Waals surface area (Å²) in [5.74, 6) is 3.70. The Kier molecular flexibility index (Phi) is 6.85. The van der Waals surface area contributed by atoms with Gasteiger partial charge >= 0.3 is 0 Å². The van der Waals surface area contributed by atoms with Gasteiger partial charge in [-0.05, 0) is 62.2 Å². The fourth-order valence-electron chi connectivity index (χ4n) is 4.52. The summed E-state index contributed by atoms with van der Waals surface area (Å²) < 4.78 is 0. The van der Waals surface area contributed by atoms with Crippen LogP contribution in [-0.2, 0) is 9.59 Å². The van der Waals surface area contributed by atoms with Crippen molar-refractivity contribution in [1.29, 1.82) is 0 Å². The second kappa shape index (κ2) is 8.92. The third-order valence-corrected chi connectivity index (χ3v) is 5.47. The lowest BCUT2D eigenvalue weighted by atomic mass is 9.78. The molecule has 2 fully saturated rings. The molecule has 2 aliphatic rings. The minimum atomic E-state index is 0.644. The Bertz CT molecular complexity index is 411. The Balaban J connectivity index is 1.57. The average molecular weight is 290 g/mol. The van der Waals surface area contributed by atoms with Crippen LogP contribution in [0, 0.1) is 23.7 Å². The van der Waals surface area contributed by atoms with Gasteiger partial charge in [-0.25, -0.2) is 19.6 Å². The molecule has 0 saturated heterocycles. The monoisotopic (exact) mass is 290 g/mol. The summed E-state index contributed by atoms with van der Waals surface area (Å²) in [5, 5.41) is 0. The molecule has 0 aromatic heterocycles. The fraction of sp³-hybridized carbons (Fsp3) is 0.882. The Morgan fingerprint density at radius 1 is 0.714 bits per heavy atom. The lowest BCUT2D eigenvalue weighted by molar-refractivity contribution is 0.230. The van der Waals surface area contributed by atoms with Gasteiger partial charge in [-0.3, -0.25) is 0 Å². The highest BCUT2D eigenvalue weighted by Gasteiger charge is 2.44. The summed E-state index contributed by atoms with van der Waals surface area (Å²) in [7, 11) is 0. The van der Waals surface area contributed by atoms with E-state index in [1.807, 2.05) is 0 Å². The van der Waals surface area contributed by atoms with E-state index in [0.717, 1.165) is 36.5 Å². The van der Waals surface area contributed by atoms with Crippen molar-refractivity contribution in [3.63, 3.8) is 0 Å². The first-order chi connectivity index (χ1) is 10.3. The predicted octanol–water partition coefficient (Wildman–Crippen LogP) is 3.66. The number of nitrogens with zero attached hydrogens (tertiary/aromatic N) is 2. The third kappa shape index (κ3) is 4.91. The van der Waals surface area contributed by atoms with Crippen molar-refractivity contribution in [3.05, 3.63) is 0 Å². The molecule has 116 valence electrons. The van der Waals surface area contributed by atoms with E-state index in [1.165, 1.54) is 44.9 Å². The first-order valence-corrected chi connectivity index (χ1v) is 8.42. The van der Waals surface area contributed by atoms with Gasteiger partial charge in [-0.1, -0.05) is 19.3 Å². The molecule has 2 saturated carbocycles. The standard InChI is InChI=1S/C17H26N2O2/c20-12-18-7-3-1-2-5-14-9-17-11-16(14)10-15(17)6-4-8-19-13-21/h14-17H,1-11H2. The van der Waals surface area contributed by atoms with E-state index in [2.05, 4.69) is 9.98 Å². The fourth-order valence-corrected chi connectivity index (χ4v) is 4.52. The molecule has 0 aliphatic heterocycles. The van der Waals surface area contributed by atoms with Crippen molar-refractivity contribution in [3.8, 4) is 0 Å². The van der Waals surface area contributed by atoms with E-state index in [-0.39, 0.29) is 0 Å². The molecule has 0 aromatic carbocycles. The normalized spacial score (nSPS) is 29.9. The number of isocyanates is 2. The summed E-state index contributed by atoms with van der Waals surface area (Å²) in [5.41, 5.74) is 0. The molecule has 2 bridgehead atoms.